The summed E-state index contributed by atoms with van der Waals surface area (Å²) >= 11 is 0. The molecule has 1 fully saturated rings. The van der Waals surface area contributed by atoms with E-state index in [0.29, 0.717) is 24.7 Å². The molecule has 0 spiro atoms. The molecule has 3 aromatic rings. The Hall–Kier alpha value is -4.13. The molecule has 1 amide bonds. The van der Waals surface area contributed by atoms with E-state index in [4.69, 9.17) is 9.47 Å². The molecule has 33 heavy (non-hydrogen) atoms. The van der Waals surface area contributed by atoms with E-state index in [1.165, 1.54) is 23.1 Å². The van der Waals surface area contributed by atoms with Crippen molar-refractivity contribution in [1.82, 2.24) is 4.90 Å². The number of Topliss-reactive ketones (excluding diaryl/α,β-unsaturated/α-hetero) is 1. The Bertz CT molecular complexity index is 1270. The molecule has 0 radical (unpaired) electrons. The standard InChI is InChI=1S/C26H20FNO5/c27-19-9-5-4-8-18(19)23-22(24(29)17-10-11-20-21(14-17)33-13-12-32-20)25(30)26(31)28(23)15-16-6-2-1-3-7-16/h1-11,14,23,29H,12-13,15H2/t23-/m0/s1. The molecule has 0 unspecified atom stereocenters. The summed E-state index contributed by atoms with van der Waals surface area (Å²) in [6.07, 6.45) is 0. The average Bonchev–Trinajstić information content (AvgIpc) is 3.09. The number of carbonyl (C=O) groups is 2. The third-order valence-corrected chi connectivity index (χ3v) is 5.75. The number of ketones is 1. The van der Waals surface area contributed by atoms with Crippen LogP contribution in [0.1, 0.15) is 22.7 Å². The van der Waals surface area contributed by atoms with Gasteiger partial charge in [-0.05, 0) is 29.8 Å². The summed E-state index contributed by atoms with van der Waals surface area (Å²) in [5.74, 6) is -1.69. The van der Waals surface area contributed by atoms with Crippen molar-refractivity contribution in [2.45, 2.75) is 12.6 Å². The fraction of sp³-hybridized carbons (Fsp3) is 0.154. The van der Waals surface area contributed by atoms with Crippen LogP contribution < -0.4 is 9.47 Å². The molecular weight excluding hydrogens is 425 g/mol. The van der Waals surface area contributed by atoms with Crippen LogP contribution in [0.3, 0.4) is 0 Å². The minimum atomic E-state index is -1.08. The van der Waals surface area contributed by atoms with E-state index in [9.17, 15) is 19.1 Å². The number of likely N-dealkylation sites (tertiary alicyclic amines) is 1. The molecule has 5 rings (SSSR count). The topological polar surface area (TPSA) is 76.1 Å². The van der Waals surface area contributed by atoms with Crippen molar-refractivity contribution < 1.29 is 28.6 Å². The average molecular weight is 445 g/mol. The summed E-state index contributed by atoms with van der Waals surface area (Å²) in [6.45, 7) is 0.854. The fourth-order valence-electron chi connectivity index (χ4n) is 4.19. The van der Waals surface area contributed by atoms with Gasteiger partial charge in [-0.25, -0.2) is 4.39 Å². The van der Waals surface area contributed by atoms with Crippen LogP contribution >= 0.6 is 0 Å². The van der Waals surface area contributed by atoms with E-state index in [1.807, 2.05) is 30.3 Å². The lowest BCUT2D eigenvalue weighted by Crippen LogP contribution is -2.29. The number of fused-ring (bicyclic) bond motifs is 1. The number of ether oxygens (including phenoxy) is 2. The van der Waals surface area contributed by atoms with E-state index in [2.05, 4.69) is 0 Å². The van der Waals surface area contributed by atoms with Gasteiger partial charge in [0.05, 0.1) is 11.6 Å². The largest absolute Gasteiger partial charge is 0.507 e. The van der Waals surface area contributed by atoms with E-state index in [-0.39, 0.29) is 23.2 Å². The first-order valence-electron chi connectivity index (χ1n) is 10.5. The number of carbonyl (C=O) groups excluding carboxylic acids is 2. The van der Waals surface area contributed by atoms with Crippen molar-refractivity contribution in [3.63, 3.8) is 0 Å². The smallest absolute Gasteiger partial charge is 0.295 e. The number of benzene rings is 3. The lowest BCUT2D eigenvalue weighted by molar-refractivity contribution is -0.140. The normalized spacial score (nSPS) is 19.1. The number of aliphatic hydroxyl groups excluding tert-OH is 1. The Balaban J connectivity index is 1.65. The molecule has 7 heteroatoms. The van der Waals surface area contributed by atoms with Gasteiger partial charge in [-0.3, -0.25) is 9.59 Å². The first-order valence-corrected chi connectivity index (χ1v) is 10.5. The van der Waals surface area contributed by atoms with Gasteiger partial charge in [-0.2, -0.15) is 0 Å². The van der Waals surface area contributed by atoms with E-state index in [1.54, 1.807) is 24.3 Å². The maximum Gasteiger partial charge on any atom is 0.295 e. The highest BCUT2D eigenvalue weighted by Gasteiger charge is 2.47. The summed E-state index contributed by atoms with van der Waals surface area (Å²) in [5, 5.41) is 11.2. The molecule has 6 nitrogen and oxygen atoms in total. The number of rotatable bonds is 4. The number of hydrogen-bond donors (Lipinski definition) is 1. The van der Waals surface area contributed by atoms with Crippen LogP contribution in [0.2, 0.25) is 0 Å². The van der Waals surface area contributed by atoms with Crippen molar-refractivity contribution in [2.24, 2.45) is 0 Å². The number of amides is 1. The maximum atomic E-state index is 14.9. The summed E-state index contributed by atoms with van der Waals surface area (Å²) in [5.41, 5.74) is 1.02. The minimum absolute atomic E-state index is 0.0856. The quantitative estimate of drug-likeness (QED) is 0.370. The molecule has 0 bridgehead atoms. The third-order valence-electron chi connectivity index (χ3n) is 5.75. The van der Waals surface area contributed by atoms with Gasteiger partial charge in [0.25, 0.3) is 11.7 Å². The predicted molar refractivity (Wildman–Crippen MR) is 118 cm³/mol. The first-order chi connectivity index (χ1) is 16.0. The second kappa shape index (κ2) is 8.43. The van der Waals surface area contributed by atoms with Crippen molar-refractivity contribution in [1.29, 1.82) is 0 Å². The lowest BCUT2D eigenvalue weighted by atomic mass is 9.94. The van der Waals surface area contributed by atoms with Crippen LogP contribution in [0.15, 0.2) is 78.4 Å². The molecule has 1 atom stereocenters. The van der Waals surface area contributed by atoms with Crippen molar-refractivity contribution >= 4 is 17.4 Å². The zero-order valence-corrected chi connectivity index (χ0v) is 17.5. The molecule has 2 aliphatic heterocycles. The minimum Gasteiger partial charge on any atom is -0.507 e. The van der Waals surface area contributed by atoms with E-state index < -0.39 is 29.3 Å². The van der Waals surface area contributed by atoms with Crippen LogP contribution in [0.5, 0.6) is 11.5 Å². The van der Waals surface area contributed by atoms with Crippen LogP contribution in [0.25, 0.3) is 5.76 Å². The van der Waals surface area contributed by atoms with Crippen LogP contribution in [-0.4, -0.2) is 34.9 Å². The highest BCUT2D eigenvalue weighted by molar-refractivity contribution is 6.46. The summed E-state index contributed by atoms with van der Waals surface area (Å²) in [6, 6.07) is 18.7. The van der Waals surface area contributed by atoms with Crippen LogP contribution in [0.4, 0.5) is 4.39 Å². The number of hydrogen-bond acceptors (Lipinski definition) is 5. The van der Waals surface area contributed by atoms with Crippen LogP contribution in [0, 0.1) is 5.82 Å². The SMILES string of the molecule is O=C1C(=O)N(Cc2ccccc2)[C@@H](c2ccccc2F)C1=C(O)c1ccc2c(c1)OCCO2. The molecule has 0 aliphatic carbocycles. The van der Waals surface area contributed by atoms with Gasteiger partial charge in [0.15, 0.2) is 11.5 Å². The summed E-state index contributed by atoms with van der Waals surface area (Å²) < 4.78 is 26.0. The molecule has 0 aromatic heterocycles. The summed E-state index contributed by atoms with van der Waals surface area (Å²) in [4.78, 5) is 27.5. The van der Waals surface area contributed by atoms with Gasteiger partial charge in [0.1, 0.15) is 24.8 Å². The maximum absolute atomic E-state index is 14.9. The Morgan fingerprint density at radius 2 is 1.64 bits per heavy atom. The molecule has 1 N–H and O–H groups in total. The third kappa shape index (κ3) is 3.71. The van der Waals surface area contributed by atoms with Gasteiger partial charge in [0, 0.05) is 17.7 Å². The molecule has 3 aromatic carbocycles. The first kappa shape index (κ1) is 20.8. The highest BCUT2D eigenvalue weighted by Crippen LogP contribution is 2.42. The van der Waals surface area contributed by atoms with E-state index in [0.717, 1.165) is 5.56 Å². The molecule has 2 heterocycles. The van der Waals surface area contributed by atoms with Gasteiger partial charge in [-0.15, -0.1) is 0 Å². The van der Waals surface area contributed by atoms with Gasteiger partial charge < -0.3 is 19.5 Å². The second-order valence-corrected chi connectivity index (χ2v) is 7.79. The Morgan fingerprint density at radius 3 is 2.39 bits per heavy atom. The zero-order valence-electron chi connectivity index (χ0n) is 17.5. The number of nitrogens with zero attached hydrogens (tertiary/aromatic N) is 1. The van der Waals surface area contributed by atoms with Crippen molar-refractivity contribution in [3.8, 4) is 11.5 Å². The molecule has 0 saturated carbocycles. The Kier molecular flexibility index (Phi) is 5.30. The fourth-order valence-corrected chi connectivity index (χ4v) is 4.19. The molecule has 2 aliphatic rings. The number of aliphatic hydroxyl groups is 1. The predicted octanol–water partition coefficient (Wildman–Crippen LogP) is 4.22. The van der Waals surface area contributed by atoms with Crippen molar-refractivity contribution in [2.75, 3.05) is 13.2 Å². The van der Waals surface area contributed by atoms with Crippen LogP contribution in [-0.2, 0) is 16.1 Å². The molecule has 166 valence electrons. The Morgan fingerprint density at radius 1 is 0.939 bits per heavy atom. The lowest BCUT2D eigenvalue weighted by Gasteiger charge is -2.26. The van der Waals surface area contributed by atoms with E-state index >= 15 is 0 Å². The van der Waals surface area contributed by atoms with Gasteiger partial charge >= 0.3 is 0 Å². The molecule has 1 saturated heterocycles. The van der Waals surface area contributed by atoms with Crippen molar-refractivity contribution in [3.05, 3.63) is 101 Å². The highest BCUT2D eigenvalue weighted by atomic mass is 19.1. The summed E-state index contributed by atoms with van der Waals surface area (Å²) in [7, 11) is 0. The Labute approximate surface area is 189 Å². The van der Waals surface area contributed by atoms with Gasteiger partial charge in [0.2, 0.25) is 0 Å². The zero-order chi connectivity index (χ0) is 22.9. The second-order valence-electron chi connectivity index (χ2n) is 7.79. The number of halogens is 1. The monoisotopic (exact) mass is 445 g/mol. The molecular formula is C26H20FNO5. The van der Waals surface area contributed by atoms with Gasteiger partial charge in [-0.1, -0.05) is 48.5 Å².